The van der Waals surface area contributed by atoms with Crippen molar-refractivity contribution >= 4 is 11.6 Å². The van der Waals surface area contributed by atoms with E-state index in [-0.39, 0.29) is 11.8 Å². The summed E-state index contributed by atoms with van der Waals surface area (Å²) in [6.07, 6.45) is 0.417. The molecule has 0 aliphatic carbocycles. The molecule has 0 saturated carbocycles. The molecule has 2 aromatic rings. The molecular weight excluding hydrogens is 278 g/mol. The average molecular weight is 297 g/mol. The first-order valence-electron chi connectivity index (χ1n) is 7.25. The Bertz CT molecular complexity index is 724. The monoisotopic (exact) mass is 297 g/mol. The fourth-order valence-corrected chi connectivity index (χ4v) is 3.08. The molecule has 1 N–H and O–H groups in total. The molecule has 0 bridgehead atoms. The van der Waals surface area contributed by atoms with Crippen LogP contribution in [0.4, 0.5) is 5.69 Å². The van der Waals surface area contributed by atoms with E-state index in [1.165, 1.54) is 5.56 Å². The van der Waals surface area contributed by atoms with Crippen LogP contribution in [0.5, 0.6) is 11.5 Å². The molecule has 1 amide bonds. The van der Waals surface area contributed by atoms with E-state index < -0.39 is 0 Å². The normalized spacial score (nSPS) is 16.7. The molecule has 0 spiro atoms. The first kappa shape index (κ1) is 14.4. The second kappa shape index (κ2) is 5.72. The van der Waals surface area contributed by atoms with E-state index in [2.05, 4.69) is 24.4 Å². The maximum Gasteiger partial charge on any atom is 0.225 e. The smallest absolute Gasteiger partial charge is 0.225 e. The van der Waals surface area contributed by atoms with Crippen molar-refractivity contribution in [1.82, 2.24) is 0 Å². The van der Waals surface area contributed by atoms with E-state index in [1.54, 1.807) is 14.2 Å². The number of hydrogen-bond donors (Lipinski definition) is 1. The van der Waals surface area contributed by atoms with Crippen LogP contribution < -0.4 is 14.8 Å². The zero-order valence-corrected chi connectivity index (χ0v) is 13.0. The summed E-state index contributed by atoms with van der Waals surface area (Å²) < 4.78 is 10.8. The third-order valence-corrected chi connectivity index (χ3v) is 4.15. The van der Waals surface area contributed by atoms with Gasteiger partial charge in [-0.1, -0.05) is 24.3 Å². The Kier molecular flexibility index (Phi) is 3.75. The van der Waals surface area contributed by atoms with Gasteiger partial charge in [0.1, 0.15) is 11.5 Å². The third-order valence-electron chi connectivity index (χ3n) is 4.15. The van der Waals surface area contributed by atoms with Crippen LogP contribution in [-0.2, 0) is 4.79 Å². The van der Waals surface area contributed by atoms with Crippen molar-refractivity contribution in [2.45, 2.75) is 19.3 Å². The number of amides is 1. The largest absolute Gasteiger partial charge is 0.497 e. The fraction of sp³-hybridized carbons (Fsp3) is 0.278. The predicted molar refractivity (Wildman–Crippen MR) is 85.8 cm³/mol. The maximum atomic E-state index is 12.1. The lowest BCUT2D eigenvalue weighted by molar-refractivity contribution is -0.116. The molecule has 3 rings (SSSR count). The van der Waals surface area contributed by atoms with Gasteiger partial charge in [0, 0.05) is 30.0 Å². The summed E-state index contributed by atoms with van der Waals surface area (Å²) in [5.74, 6) is 1.41. The van der Waals surface area contributed by atoms with E-state index in [9.17, 15) is 4.79 Å². The molecule has 0 saturated heterocycles. The summed E-state index contributed by atoms with van der Waals surface area (Å²) in [6.45, 7) is 2.07. The fourth-order valence-electron chi connectivity index (χ4n) is 3.08. The summed E-state index contributed by atoms with van der Waals surface area (Å²) in [5, 5.41) is 2.93. The zero-order valence-electron chi connectivity index (χ0n) is 13.0. The molecule has 114 valence electrons. The summed E-state index contributed by atoms with van der Waals surface area (Å²) in [7, 11) is 3.24. The summed E-state index contributed by atoms with van der Waals surface area (Å²) >= 11 is 0. The summed E-state index contributed by atoms with van der Waals surface area (Å²) in [4.78, 5) is 12.1. The Morgan fingerprint density at radius 3 is 2.59 bits per heavy atom. The van der Waals surface area contributed by atoms with Crippen LogP contribution in [0, 0.1) is 6.92 Å². The second-order valence-corrected chi connectivity index (χ2v) is 5.45. The van der Waals surface area contributed by atoms with Gasteiger partial charge in [-0.15, -0.1) is 0 Å². The van der Waals surface area contributed by atoms with E-state index in [4.69, 9.17) is 9.47 Å². The minimum absolute atomic E-state index is 0.00851. The van der Waals surface area contributed by atoms with Crippen LogP contribution in [-0.4, -0.2) is 20.1 Å². The highest BCUT2D eigenvalue weighted by Crippen LogP contribution is 2.45. The Hall–Kier alpha value is -2.49. The number of anilines is 1. The van der Waals surface area contributed by atoms with Gasteiger partial charge in [-0.2, -0.15) is 0 Å². The van der Waals surface area contributed by atoms with Gasteiger partial charge in [0.15, 0.2) is 0 Å². The number of fused-ring (bicyclic) bond motifs is 1. The number of nitrogens with one attached hydrogen (secondary N) is 1. The number of hydrogen-bond acceptors (Lipinski definition) is 3. The molecule has 2 aromatic carbocycles. The number of benzene rings is 2. The molecule has 1 unspecified atom stereocenters. The summed E-state index contributed by atoms with van der Waals surface area (Å²) in [6, 6.07) is 11.9. The molecule has 1 aliphatic rings. The highest BCUT2D eigenvalue weighted by molar-refractivity contribution is 5.96. The Morgan fingerprint density at radius 2 is 1.91 bits per heavy atom. The van der Waals surface area contributed by atoms with Gasteiger partial charge in [-0.05, 0) is 18.1 Å². The van der Waals surface area contributed by atoms with Crippen molar-refractivity contribution in [3.8, 4) is 11.5 Å². The first-order chi connectivity index (χ1) is 10.6. The number of methoxy groups -OCH3 is 2. The van der Waals surface area contributed by atoms with E-state index in [0.717, 1.165) is 22.6 Å². The number of rotatable bonds is 3. The van der Waals surface area contributed by atoms with Gasteiger partial charge in [0.2, 0.25) is 5.91 Å². The quantitative estimate of drug-likeness (QED) is 0.943. The van der Waals surface area contributed by atoms with Crippen molar-refractivity contribution in [1.29, 1.82) is 0 Å². The Labute approximate surface area is 130 Å². The molecule has 4 heteroatoms. The number of aryl methyl sites for hydroxylation is 1. The van der Waals surface area contributed by atoms with Gasteiger partial charge in [0.25, 0.3) is 0 Å². The minimum atomic E-state index is -0.00851. The van der Waals surface area contributed by atoms with E-state index in [1.807, 2.05) is 24.3 Å². The third kappa shape index (κ3) is 2.41. The molecule has 0 aromatic heterocycles. The molecule has 22 heavy (non-hydrogen) atoms. The SMILES string of the molecule is COc1cc2c(c(OC)c1)C(c1ccccc1C)CC(=O)N2. The van der Waals surface area contributed by atoms with Crippen LogP contribution >= 0.6 is 0 Å². The highest BCUT2D eigenvalue weighted by Gasteiger charge is 2.31. The predicted octanol–water partition coefficient (Wildman–Crippen LogP) is 3.49. The van der Waals surface area contributed by atoms with Crippen molar-refractivity contribution in [3.63, 3.8) is 0 Å². The first-order valence-corrected chi connectivity index (χ1v) is 7.25. The van der Waals surface area contributed by atoms with Crippen molar-refractivity contribution in [3.05, 3.63) is 53.1 Å². The van der Waals surface area contributed by atoms with Gasteiger partial charge in [0.05, 0.1) is 19.9 Å². The van der Waals surface area contributed by atoms with Crippen molar-refractivity contribution < 1.29 is 14.3 Å². The van der Waals surface area contributed by atoms with Gasteiger partial charge < -0.3 is 14.8 Å². The molecular formula is C18H19NO3. The highest BCUT2D eigenvalue weighted by atomic mass is 16.5. The second-order valence-electron chi connectivity index (χ2n) is 5.45. The van der Waals surface area contributed by atoms with Crippen LogP contribution in [0.2, 0.25) is 0 Å². The lowest BCUT2D eigenvalue weighted by Crippen LogP contribution is -2.24. The molecule has 0 radical (unpaired) electrons. The van der Waals surface area contributed by atoms with Gasteiger partial charge >= 0.3 is 0 Å². The average Bonchev–Trinajstić information content (AvgIpc) is 2.53. The van der Waals surface area contributed by atoms with Crippen LogP contribution in [0.3, 0.4) is 0 Å². The van der Waals surface area contributed by atoms with Crippen molar-refractivity contribution in [2.75, 3.05) is 19.5 Å². The van der Waals surface area contributed by atoms with Gasteiger partial charge in [-0.25, -0.2) is 0 Å². The molecule has 1 heterocycles. The Morgan fingerprint density at radius 1 is 1.14 bits per heavy atom. The summed E-state index contributed by atoms with van der Waals surface area (Å²) in [5.41, 5.74) is 4.10. The topological polar surface area (TPSA) is 47.6 Å². The molecule has 0 fully saturated rings. The van der Waals surface area contributed by atoms with E-state index >= 15 is 0 Å². The number of carbonyl (C=O) groups is 1. The number of ether oxygens (including phenoxy) is 2. The van der Waals surface area contributed by atoms with E-state index in [0.29, 0.717) is 12.2 Å². The maximum absolute atomic E-state index is 12.1. The number of carbonyl (C=O) groups excluding carboxylic acids is 1. The lowest BCUT2D eigenvalue weighted by Gasteiger charge is -2.29. The van der Waals surface area contributed by atoms with Crippen molar-refractivity contribution in [2.24, 2.45) is 0 Å². The van der Waals surface area contributed by atoms with Crippen LogP contribution in [0.25, 0.3) is 0 Å². The molecule has 1 atom stereocenters. The van der Waals surface area contributed by atoms with Gasteiger partial charge in [-0.3, -0.25) is 4.79 Å². The van der Waals surface area contributed by atoms with Crippen LogP contribution in [0.15, 0.2) is 36.4 Å². The zero-order chi connectivity index (χ0) is 15.7. The molecule has 1 aliphatic heterocycles. The van der Waals surface area contributed by atoms with Crippen LogP contribution in [0.1, 0.15) is 29.0 Å². The minimum Gasteiger partial charge on any atom is -0.497 e. The standard InChI is InChI=1S/C18H19NO3/c1-11-6-4-5-7-13(11)14-10-17(20)19-15-8-12(21-2)9-16(22-3)18(14)15/h4-9,14H,10H2,1-3H3,(H,19,20). The molecule has 4 nitrogen and oxygen atoms in total. The Balaban J connectivity index is 2.20. The lowest BCUT2D eigenvalue weighted by atomic mass is 9.82.